The highest BCUT2D eigenvalue weighted by molar-refractivity contribution is 5.20. The van der Waals surface area contributed by atoms with Crippen LogP contribution in [0.1, 0.15) is 18.5 Å². The Hall–Kier alpha value is -1.15. The van der Waals surface area contributed by atoms with Gasteiger partial charge in [0.25, 0.3) is 0 Å². The number of rotatable bonds is 7. The smallest absolute Gasteiger partial charge is 0.389 e. The van der Waals surface area contributed by atoms with E-state index in [-0.39, 0.29) is 12.2 Å². The SMILES string of the molecule is CCOC[C@@H](O)CN1CCN([C@@H](c2ccccc2)C(F)(F)F)CC1. The highest BCUT2D eigenvalue weighted by Gasteiger charge is 2.45. The van der Waals surface area contributed by atoms with E-state index in [0.717, 1.165) is 0 Å². The first-order valence-corrected chi connectivity index (χ1v) is 8.25. The molecule has 24 heavy (non-hydrogen) atoms. The molecule has 1 aliphatic rings. The van der Waals surface area contributed by atoms with Crippen molar-refractivity contribution in [3.8, 4) is 0 Å². The summed E-state index contributed by atoms with van der Waals surface area (Å²) in [7, 11) is 0. The second-order valence-corrected chi connectivity index (χ2v) is 6.00. The number of hydrogen-bond acceptors (Lipinski definition) is 4. The van der Waals surface area contributed by atoms with Crippen LogP contribution in [0.15, 0.2) is 30.3 Å². The number of ether oxygens (including phenoxy) is 1. The third-order valence-electron chi connectivity index (χ3n) is 4.18. The van der Waals surface area contributed by atoms with Crippen LogP contribution in [0.3, 0.4) is 0 Å². The molecule has 4 nitrogen and oxygen atoms in total. The van der Waals surface area contributed by atoms with E-state index in [1.165, 1.54) is 17.0 Å². The first-order valence-electron chi connectivity index (χ1n) is 8.25. The molecule has 136 valence electrons. The summed E-state index contributed by atoms with van der Waals surface area (Å²) in [4.78, 5) is 3.46. The molecule has 0 amide bonds. The number of nitrogens with zero attached hydrogens (tertiary/aromatic N) is 2. The minimum Gasteiger partial charge on any atom is -0.389 e. The van der Waals surface area contributed by atoms with Crippen LogP contribution in [0.25, 0.3) is 0 Å². The first kappa shape index (κ1) is 19.2. The molecule has 1 aromatic rings. The number of aliphatic hydroxyl groups excluding tert-OH is 1. The van der Waals surface area contributed by atoms with Crippen LogP contribution < -0.4 is 0 Å². The molecule has 2 atom stereocenters. The lowest BCUT2D eigenvalue weighted by Crippen LogP contribution is -2.52. The van der Waals surface area contributed by atoms with Gasteiger partial charge in [-0.3, -0.25) is 9.80 Å². The van der Waals surface area contributed by atoms with Crippen molar-refractivity contribution in [1.29, 1.82) is 0 Å². The van der Waals surface area contributed by atoms with E-state index in [2.05, 4.69) is 0 Å². The Balaban J connectivity index is 1.94. The molecule has 1 saturated heterocycles. The van der Waals surface area contributed by atoms with Crippen molar-refractivity contribution >= 4 is 0 Å². The van der Waals surface area contributed by atoms with Gasteiger partial charge in [-0.05, 0) is 12.5 Å². The molecule has 7 heteroatoms. The van der Waals surface area contributed by atoms with Crippen molar-refractivity contribution in [1.82, 2.24) is 9.80 Å². The fraction of sp³-hybridized carbons (Fsp3) is 0.647. The molecular weight excluding hydrogens is 321 g/mol. The Kier molecular flexibility index (Phi) is 7.03. The summed E-state index contributed by atoms with van der Waals surface area (Å²) < 4.78 is 45.7. The Morgan fingerprint density at radius 3 is 2.29 bits per heavy atom. The van der Waals surface area contributed by atoms with E-state index in [4.69, 9.17) is 4.74 Å². The molecule has 0 saturated carbocycles. The van der Waals surface area contributed by atoms with E-state index in [0.29, 0.717) is 39.3 Å². The van der Waals surface area contributed by atoms with Gasteiger partial charge in [0.05, 0.1) is 12.7 Å². The number of halogens is 3. The quantitative estimate of drug-likeness (QED) is 0.822. The third-order valence-corrected chi connectivity index (χ3v) is 4.18. The fourth-order valence-electron chi connectivity index (χ4n) is 3.05. The van der Waals surface area contributed by atoms with Crippen LogP contribution >= 0.6 is 0 Å². The Bertz CT molecular complexity index is 476. The molecule has 1 fully saturated rings. The van der Waals surface area contributed by atoms with Gasteiger partial charge in [-0.1, -0.05) is 30.3 Å². The average molecular weight is 346 g/mol. The van der Waals surface area contributed by atoms with E-state index >= 15 is 0 Å². The molecule has 2 rings (SSSR count). The summed E-state index contributed by atoms with van der Waals surface area (Å²) >= 11 is 0. The topological polar surface area (TPSA) is 35.9 Å². The zero-order valence-electron chi connectivity index (χ0n) is 13.9. The van der Waals surface area contributed by atoms with Gasteiger partial charge in [-0.15, -0.1) is 0 Å². The van der Waals surface area contributed by atoms with Gasteiger partial charge >= 0.3 is 6.18 Å². The van der Waals surface area contributed by atoms with Crippen LogP contribution in [0, 0.1) is 0 Å². The number of benzene rings is 1. The summed E-state index contributed by atoms with van der Waals surface area (Å²) in [5.74, 6) is 0. The van der Waals surface area contributed by atoms with Crippen molar-refractivity contribution in [2.75, 3.05) is 45.9 Å². The maximum Gasteiger partial charge on any atom is 0.408 e. The van der Waals surface area contributed by atoms with E-state index in [9.17, 15) is 18.3 Å². The molecule has 0 spiro atoms. The zero-order chi connectivity index (χ0) is 17.6. The monoisotopic (exact) mass is 346 g/mol. The van der Waals surface area contributed by atoms with Gasteiger partial charge in [0.1, 0.15) is 6.04 Å². The lowest BCUT2D eigenvalue weighted by molar-refractivity contribution is -0.190. The van der Waals surface area contributed by atoms with Crippen LogP contribution in [0.4, 0.5) is 13.2 Å². The normalized spacial score (nSPS) is 20.0. The first-order chi connectivity index (χ1) is 11.4. The molecule has 1 N–H and O–H groups in total. The molecule has 1 heterocycles. The maximum absolute atomic E-state index is 13.5. The van der Waals surface area contributed by atoms with E-state index in [1.807, 2.05) is 11.8 Å². The summed E-state index contributed by atoms with van der Waals surface area (Å²) in [5.41, 5.74) is 0.273. The number of piperazine rings is 1. The summed E-state index contributed by atoms with van der Waals surface area (Å²) in [6.07, 6.45) is -4.91. The van der Waals surface area contributed by atoms with Crippen molar-refractivity contribution in [3.63, 3.8) is 0 Å². The molecule has 0 bridgehead atoms. The Labute approximate surface area is 140 Å². The lowest BCUT2D eigenvalue weighted by Gasteiger charge is -2.40. The molecular formula is C17H25F3N2O2. The number of hydrogen-bond donors (Lipinski definition) is 1. The van der Waals surface area contributed by atoms with Gasteiger partial charge in [-0.2, -0.15) is 13.2 Å². The third kappa shape index (κ3) is 5.44. The predicted molar refractivity (Wildman–Crippen MR) is 85.8 cm³/mol. The standard InChI is InChI=1S/C17H25F3N2O2/c1-2-24-13-15(23)12-21-8-10-22(11-9-21)16(17(18,19)20)14-6-4-3-5-7-14/h3-7,15-16,23H,2,8-13H2,1H3/t15-,16-/m0/s1. The number of alkyl halides is 3. The number of β-amino-alcohol motifs (C(OH)–C–C–N with tert-alkyl or cyclic N) is 1. The fourth-order valence-corrected chi connectivity index (χ4v) is 3.05. The van der Waals surface area contributed by atoms with Crippen LogP contribution in [-0.4, -0.2) is 73.1 Å². The Morgan fingerprint density at radius 2 is 1.75 bits per heavy atom. The average Bonchev–Trinajstić information content (AvgIpc) is 2.54. The van der Waals surface area contributed by atoms with Crippen LogP contribution in [-0.2, 0) is 4.74 Å². The van der Waals surface area contributed by atoms with E-state index < -0.39 is 18.3 Å². The van der Waals surface area contributed by atoms with Gasteiger partial charge in [0.15, 0.2) is 0 Å². The maximum atomic E-state index is 13.5. The van der Waals surface area contributed by atoms with Crippen molar-refractivity contribution in [2.24, 2.45) is 0 Å². The van der Waals surface area contributed by atoms with Gasteiger partial charge < -0.3 is 9.84 Å². The highest BCUT2D eigenvalue weighted by Crippen LogP contribution is 2.37. The number of aliphatic hydroxyl groups is 1. The zero-order valence-corrected chi connectivity index (χ0v) is 13.9. The predicted octanol–water partition coefficient (Wildman–Crippen LogP) is 2.30. The molecule has 0 unspecified atom stereocenters. The van der Waals surface area contributed by atoms with E-state index in [1.54, 1.807) is 18.2 Å². The van der Waals surface area contributed by atoms with Gasteiger partial charge in [-0.25, -0.2) is 0 Å². The molecule has 0 aliphatic carbocycles. The molecule has 0 aromatic heterocycles. The largest absolute Gasteiger partial charge is 0.408 e. The second kappa shape index (κ2) is 8.80. The van der Waals surface area contributed by atoms with Crippen molar-refractivity contribution in [3.05, 3.63) is 35.9 Å². The van der Waals surface area contributed by atoms with Crippen molar-refractivity contribution in [2.45, 2.75) is 25.2 Å². The Morgan fingerprint density at radius 1 is 1.12 bits per heavy atom. The summed E-state index contributed by atoms with van der Waals surface area (Å²) in [6, 6.07) is 6.46. The van der Waals surface area contributed by atoms with Gasteiger partial charge in [0.2, 0.25) is 0 Å². The summed E-state index contributed by atoms with van der Waals surface area (Å²) in [5, 5.41) is 9.85. The minimum atomic E-state index is -4.31. The molecule has 0 radical (unpaired) electrons. The minimum absolute atomic E-state index is 0.256. The molecule has 1 aliphatic heterocycles. The summed E-state index contributed by atoms with van der Waals surface area (Å²) in [6.45, 7) is 4.72. The highest BCUT2D eigenvalue weighted by atomic mass is 19.4. The van der Waals surface area contributed by atoms with Crippen LogP contribution in [0.5, 0.6) is 0 Å². The lowest BCUT2D eigenvalue weighted by atomic mass is 10.0. The second-order valence-electron chi connectivity index (χ2n) is 6.00. The van der Waals surface area contributed by atoms with Crippen molar-refractivity contribution < 1.29 is 23.0 Å². The molecule has 1 aromatic carbocycles. The van der Waals surface area contributed by atoms with Gasteiger partial charge in [0, 0.05) is 39.3 Å². The van der Waals surface area contributed by atoms with Crippen LogP contribution in [0.2, 0.25) is 0 Å².